The predicted molar refractivity (Wildman–Crippen MR) is 98.2 cm³/mol. The molecule has 2 aromatic carbocycles. The van der Waals surface area contributed by atoms with Crippen molar-refractivity contribution in [2.45, 2.75) is 6.10 Å². The smallest absolute Gasteiger partial charge is 0.252 e. The number of carbonyl (C=O) groups excluding carboxylic acids is 1. The Morgan fingerprint density at radius 1 is 1.16 bits per heavy atom. The number of nitrogens with one attached hydrogen (secondary N) is 1. The maximum Gasteiger partial charge on any atom is 0.252 e. The lowest BCUT2D eigenvalue weighted by molar-refractivity contribution is 0.0916. The molecule has 1 heterocycles. The Morgan fingerprint density at radius 2 is 1.84 bits per heavy atom. The summed E-state index contributed by atoms with van der Waals surface area (Å²) in [5.74, 6) is -0.297. The summed E-state index contributed by atoms with van der Waals surface area (Å²) in [6.07, 6.45) is -0.773. The number of carbonyl (C=O) groups is 1. The minimum Gasteiger partial charge on any atom is -0.387 e. The van der Waals surface area contributed by atoms with E-state index in [2.05, 4.69) is 10.2 Å². The van der Waals surface area contributed by atoms with E-state index in [0.29, 0.717) is 10.6 Å². The van der Waals surface area contributed by atoms with Crippen LogP contribution in [-0.4, -0.2) is 43.9 Å². The maximum atomic E-state index is 12.1. The number of rotatable bonds is 5. The standard InChI is InChI=1S/C19H21ClN2O3/c20-17-4-2-1-3-16(17)19(24)21-13-18(23)14-5-7-15(8-6-14)22-9-11-25-12-10-22/h1-8,18,23H,9-13H2,(H,21,24). The number of hydrogen-bond acceptors (Lipinski definition) is 4. The molecule has 1 atom stereocenters. The molecule has 0 spiro atoms. The minimum atomic E-state index is -0.773. The molecule has 0 aliphatic carbocycles. The first-order valence-electron chi connectivity index (χ1n) is 8.28. The summed E-state index contributed by atoms with van der Waals surface area (Å²) in [5, 5.41) is 13.4. The lowest BCUT2D eigenvalue weighted by Gasteiger charge is -2.29. The first-order chi connectivity index (χ1) is 12.1. The fourth-order valence-electron chi connectivity index (χ4n) is 2.78. The highest BCUT2D eigenvalue weighted by Crippen LogP contribution is 2.20. The Hall–Kier alpha value is -2.08. The molecule has 0 aromatic heterocycles. The zero-order valence-corrected chi connectivity index (χ0v) is 14.6. The summed E-state index contributed by atoms with van der Waals surface area (Å²) in [6.45, 7) is 3.34. The highest BCUT2D eigenvalue weighted by Gasteiger charge is 2.14. The van der Waals surface area contributed by atoms with Crippen LogP contribution in [0.1, 0.15) is 22.0 Å². The molecule has 1 aliphatic heterocycles. The monoisotopic (exact) mass is 360 g/mol. The highest BCUT2D eigenvalue weighted by molar-refractivity contribution is 6.33. The topological polar surface area (TPSA) is 61.8 Å². The fraction of sp³-hybridized carbons (Fsp3) is 0.316. The largest absolute Gasteiger partial charge is 0.387 e. The van der Waals surface area contributed by atoms with E-state index in [1.54, 1.807) is 24.3 Å². The molecule has 25 heavy (non-hydrogen) atoms. The van der Waals surface area contributed by atoms with Crippen LogP contribution in [0.4, 0.5) is 5.69 Å². The van der Waals surface area contributed by atoms with Crippen molar-refractivity contribution in [3.05, 3.63) is 64.7 Å². The van der Waals surface area contributed by atoms with Gasteiger partial charge in [-0.1, -0.05) is 35.9 Å². The van der Waals surface area contributed by atoms with Gasteiger partial charge in [0.15, 0.2) is 0 Å². The SMILES string of the molecule is O=C(NCC(O)c1ccc(N2CCOCC2)cc1)c1ccccc1Cl. The van der Waals surface area contributed by atoms with Gasteiger partial charge in [-0.15, -0.1) is 0 Å². The molecule has 0 saturated carbocycles. The molecule has 2 N–H and O–H groups in total. The molecular weight excluding hydrogens is 340 g/mol. The van der Waals surface area contributed by atoms with Crippen molar-refractivity contribution in [1.29, 1.82) is 0 Å². The molecular formula is C19H21ClN2O3. The van der Waals surface area contributed by atoms with E-state index in [4.69, 9.17) is 16.3 Å². The molecule has 1 amide bonds. The van der Waals surface area contributed by atoms with Crippen LogP contribution < -0.4 is 10.2 Å². The van der Waals surface area contributed by atoms with E-state index in [-0.39, 0.29) is 12.5 Å². The van der Waals surface area contributed by atoms with Crippen LogP contribution in [0.15, 0.2) is 48.5 Å². The average molecular weight is 361 g/mol. The second-order valence-electron chi connectivity index (χ2n) is 5.90. The zero-order chi connectivity index (χ0) is 17.6. The Balaban J connectivity index is 1.57. The normalized spacial score (nSPS) is 15.7. The van der Waals surface area contributed by atoms with E-state index >= 15 is 0 Å². The Labute approximate surface area is 152 Å². The number of amides is 1. The van der Waals surface area contributed by atoms with Crippen LogP contribution in [0.2, 0.25) is 5.02 Å². The number of ether oxygens (including phenoxy) is 1. The molecule has 1 saturated heterocycles. The number of halogens is 1. The minimum absolute atomic E-state index is 0.126. The number of hydrogen-bond donors (Lipinski definition) is 2. The van der Waals surface area contributed by atoms with Crippen LogP contribution in [0.3, 0.4) is 0 Å². The van der Waals surface area contributed by atoms with Crippen molar-refractivity contribution in [1.82, 2.24) is 5.32 Å². The Kier molecular flexibility index (Phi) is 5.91. The lowest BCUT2D eigenvalue weighted by atomic mass is 10.1. The third-order valence-electron chi connectivity index (χ3n) is 4.23. The number of aliphatic hydroxyl groups excluding tert-OH is 1. The summed E-state index contributed by atoms with van der Waals surface area (Å²) in [6, 6.07) is 14.6. The maximum absolute atomic E-state index is 12.1. The zero-order valence-electron chi connectivity index (χ0n) is 13.8. The molecule has 0 bridgehead atoms. The lowest BCUT2D eigenvalue weighted by Crippen LogP contribution is -2.36. The molecule has 0 radical (unpaired) electrons. The number of aliphatic hydroxyl groups is 1. The highest BCUT2D eigenvalue weighted by atomic mass is 35.5. The summed E-state index contributed by atoms with van der Waals surface area (Å²) in [5.41, 5.74) is 2.27. The number of morpholine rings is 1. The predicted octanol–water partition coefficient (Wildman–Crippen LogP) is 2.64. The van der Waals surface area contributed by atoms with Crippen molar-refractivity contribution in [3.63, 3.8) is 0 Å². The third kappa shape index (κ3) is 4.51. The van der Waals surface area contributed by atoms with Crippen LogP contribution in [0, 0.1) is 0 Å². The summed E-state index contributed by atoms with van der Waals surface area (Å²) >= 11 is 6.01. The number of nitrogens with zero attached hydrogens (tertiary/aromatic N) is 1. The molecule has 2 aromatic rings. The van der Waals surface area contributed by atoms with Gasteiger partial charge in [0.1, 0.15) is 0 Å². The summed E-state index contributed by atoms with van der Waals surface area (Å²) in [4.78, 5) is 14.4. The van der Waals surface area contributed by atoms with Gasteiger partial charge in [-0.05, 0) is 29.8 Å². The summed E-state index contributed by atoms with van der Waals surface area (Å²) < 4.78 is 5.35. The first-order valence-corrected chi connectivity index (χ1v) is 8.66. The second-order valence-corrected chi connectivity index (χ2v) is 6.30. The van der Waals surface area contributed by atoms with Gasteiger partial charge in [0.2, 0.25) is 0 Å². The van der Waals surface area contributed by atoms with Crippen LogP contribution >= 0.6 is 11.6 Å². The van der Waals surface area contributed by atoms with E-state index in [1.165, 1.54) is 0 Å². The van der Waals surface area contributed by atoms with Crippen LogP contribution in [0.25, 0.3) is 0 Å². The van der Waals surface area contributed by atoms with Gasteiger partial charge >= 0.3 is 0 Å². The van der Waals surface area contributed by atoms with Crippen molar-refractivity contribution < 1.29 is 14.6 Å². The van der Waals surface area contributed by atoms with E-state index in [9.17, 15) is 9.90 Å². The van der Waals surface area contributed by atoms with Gasteiger partial charge in [0, 0.05) is 25.3 Å². The number of benzene rings is 2. The van der Waals surface area contributed by atoms with Crippen LogP contribution in [-0.2, 0) is 4.74 Å². The average Bonchev–Trinajstić information content (AvgIpc) is 2.67. The van der Waals surface area contributed by atoms with Crippen molar-refractivity contribution >= 4 is 23.2 Å². The summed E-state index contributed by atoms with van der Waals surface area (Å²) in [7, 11) is 0. The molecule has 5 nitrogen and oxygen atoms in total. The van der Waals surface area contributed by atoms with Gasteiger partial charge < -0.3 is 20.1 Å². The molecule has 132 valence electrons. The van der Waals surface area contributed by atoms with Gasteiger partial charge in [-0.25, -0.2) is 0 Å². The molecule has 1 unspecified atom stereocenters. The second kappa shape index (κ2) is 8.34. The van der Waals surface area contributed by atoms with Crippen molar-refractivity contribution in [2.24, 2.45) is 0 Å². The quantitative estimate of drug-likeness (QED) is 0.860. The van der Waals surface area contributed by atoms with Gasteiger partial charge in [0.05, 0.1) is 29.9 Å². The van der Waals surface area contributed by atoms with E-state index in [0.717, 1.165) is 37.6 Å². The van der Waals surface area contributed by atoms with Crippen molar-refractivity contribution in [3.8, 4) is 0 Å². The molecule has 3 rings (SSSR count). The molecule has 6 heteroatoms. The van der Waals surface area contributed by atoms with Crippen molar-refractivity contribution in [2.75, 3.05) is 37.7 Å². The Bertz CT molecular complexity index is 715. The Morgan fingerprint density at radius 3 is 2.52 bits per heavy atom. The van der Waals surface area contributed by atoms with Crippen LogP contribution in [0.5, 0.6) is 0 Å². The number of anilines is 1. The fourth-order valence-corrected chi connectivity index (χ4v) is 3.00. The van der Waals surface area contributed by atoms with Gasteiger partial charge in [0.25, 0.3) is 5.91 Å². The van der Waals surface area contributed by atoms with E-state index < -0.39 is 6.10 Å². The first kappa shape index (κ1) is 17.7. The third-order valence-corrected chi connectivity index (χ3v) is 4.56. The molecule has 1 fully saturated rings. The van der Waals surface area contributed by atoms with E-state index in [1.807, 2.05) is 24.3 Å². The van der Waals surface area contributed by atoms with Gasteiger partial charge in [-0.2, -0.15) is 0 Å². The van der Waals surface area contributed by atoms with Gasteiger partial charge in [-0.3, -0.25) is 4.79 Å². The molecule has 1 aliphatic rings.